The average Bonchev–Trinajstić information content (AvgIpc) is 3.01. The van der Waals surface area contributed by atoms with E-state index in [0.717, 1.165) is 16.7 Å². The van der Waals surface area contributed by atoms with Gasteiger partial charge in [0.2, 0.25) is 0 Å². The van der Waals surface area contributed by atoms with Gasteiger partial charge in [-0.1, -0.05) is 18.2 Å². The standard InChI is InChI=1S/C9H10ClNO2S/c10-11(8-6-7-8)14(12,13)9-4-2-1-3-5-9/h1-5,8H,6-7H2. The van der Waals surface area contributed by atoms with Gasteiger partial charge in [0.05, 0.1) is 4.90 Å². The quantitative estimate of drug-likeness (QED) is 0.747. The maximum absolute atomic E-state index is 11.8. The van der Waals surface area contributed by atoms with Crippen LogP contribution in [0.4, 0.5) is 0 Å². The Hall–Kier alpha value is -0.580. The third kappa shape index (κ3) is 1.78. The zero-order chi connectivity index (χ0) is 10.2. The summed E-state index contributed by atoms with van der Waals surface area (Å²) in [7, 11) is -3.48. The minimum atomic E-state index is -3.48. The summed E-state index contributed by atoms with van der Waals surface area (Å²) in [5.41, 5.74) is 0. The Bertz CT molecular complexity index is 414. The Morgan fingerprint density at radius 3 is 2.29 bits per heavy atom. The Balaban J connectivity index is 2.32. The molecule has 5 heteroatoms. The smallest absolute Gasteiger partial charge is 0.206 e. The molecule has 2 rings (SSSR count). The third-order valence-corrected chi connectivity index (χ3v) is 4.55. The van der Waals surface area contributed by atoms with Gasteiger partial charge in [-0.15, -0.1) is 3.82 Å². The highest BCUT2D eigenvalue weighted by Gasteiger charge is 2.37. The van der Waals surface area contributed by atoms with Crippen molar-refractivity contribution in [2.75, 3.05) is 0 Å². The second-order valence-electron chi connectivity index (χ2n) is 3.29. The molecule has 0 radical (unpaired) electrons. The maximum Gasteiger partial charge on any atom is 0.256 e. The Kier molecular flexibility index (Phi) is 2.51. The van der Waals surface area contributed by atoms with E-state index in [-0.39, 0.29) is 10.9 Å². The first-order chi connectivity index (χ1) is 6.62. The summed E-state index contributed by atoms with van der Waals surface area (Å²) in [6.45, 7) is 0. The Morgan fingerprint density at radius 2 is 1.79 bits per heavy atom. The van der Waals surface area contributed by atoms with Gasteiger partial charge in [0.25, 0.3) is 10.0 Å². The largest absolute Gasteiger partial charge is 0.256 e. The molecule has 0 amide bonds. The van der Waals surface area contributed by atoms with Gasteiger partial charge in [-0.3, -0.25) is 0 Å². The predicted octanol–water partition coefficient (Wildman–Crippen LogP) is 1.99. The lowest BCUT2D eigenvalue weighted by Crippen LogP contribution is -2.23. The van der Waals surface area contributed by atoms with E-state index in [9.17, 15) is 8.42 Å². The van der Waals surface area contributed by atoms with E-state index < -0.39 is 10.0 Å². The summed E-state index contributed by atoms with van der Waals surface area (Å²) in [4.78, 5) is 0.252. The molecule has 0 aliphatic heterocycles. The van der Waals surface area contributed by atoms with Crippen molar-refractivity contribution in [1.82, 2.24) is 3.82 Å². The van der Waals surface area contributed by atoms with E-state index in [1.165, 1.54) is 0 Å². The number of hydrogen-bond donors (Lipinski definition) is 0. The summed E-state index contributed by atoms with van der Waals surface area (Å²) >= 11 is 5.75. The van der Waals surface area contributed by atoms with E-state index in [2.05, 4.69) is 0 Å². The second kappa shape index (κ2) is 3.53. The third-order valence-electron chi connectivity index (χ3n) is 2.10. The van der Waals surface area contributed by atoms with Crippen LogP contribution in [0.1, 0.15) is 12.8 Å². The number of sulfonamides is 1. The SMILES string of the molecule is O=S(=O)(c1ccccc1)N(Cl)C1CC1. The van der Waals surface area contributed by atoms with Gasteiger partial charge in [0, 0.05) is 6.04 Å². The fraction of sp³-hybridized carbons (Fsp3) is 0.333. The first-order valence-corrected chi connectivity index (χ1v) is 6.15. The molecule has 3 nitrogen and oxygen atoms in total. The van der Waals surface area contributed by atoms with Crippen LogP contribution in [0.25, 0.3) is 0 Å². The molecule has 0 aromatic heterocycles. The highest BCUT2D eigenvalue weighted by Crippen LogP contribution is 2.33. The first kappa shape index (κ1) is 9.96. The topological polar surface area (TPSA) is 37.4 Å². The molecule has 76 valence electrons. The van der Waals surface area contributed by atoms with Crippen molar-refractivity contribution < 1.29 is 8.42 Å². The summed E-state index contributed by atoms with van der Waals surface area (Å²) in [6, 6.07) is 8.23. The molecule has 0 spiro atoms. The molecule has 1 aliphatic carbocycles. The van der Waals surface area contributed by atoms with Gasteiger partial charge in [-0.2, -0.15) is 0 Å². The Labute approximate surface area is 88.5 Å². The lowest BCUT2D eigenvalue weighted by atomic mass is 10.4. The van der Waals surface area contributed by atoms with Crippen molar-refractivity contribution in [3.05, 3.63) is 30.3 Å². The maximum atomic E-state index is 11.8. The molecule has 1 aromatic rings. The number of nitrogens with zero attached hydrogens (tertiary/aromatic N) is 1. The number of hydrogen-bond acceptors (Lipinski definition) is 2. The van der Waals surface area contributed by atoms with E-state index >= 15 is 0 Å². The molecular formula is C9H10ClNO2S. The van der Waals surface area contributed by atoms with E-state index in [1.807, 2.05) is 0 Å². The predicted molar refractivity (Wildman–Crippen MR) is 54.3 cm³/mol. The lowest BCUT2D eigenvalue weighted by molar-refractivity contribution is 0.533. The van der Waals surface area contributed by atoms with Crippen molar-refractivity contribution in [2.24, 2.45) is 0 Å². The first-order valence-electron chi connectivity index (χ1n) is 4.37. The van der Waals surface area contributed by atoms with Crippen LogP contribution in [0.5, 0.6) is 0 Å². The van der Waals surface area contributed by atoms with Gasteiger partial charge < -0.3 is 0 Å². The summed E-state index contributed by atoms with van der Waals surface area (Å²) in [6.07, 6.45) is 1.71. The van der Waals surface area contributed by atoms with Crippen LogP contribution in [0, 0.1) is 0 Å². The number of halogens is 1. The zero-order valence-corrected chi connectivity index (χ0v) is 9.00. The second-order valence-corrected chi connectivity index (χ2v) is 5.67. The van der Waals surface area contributed by atoms with Gasteiger partial charge >= 0.3 is 0 Å². The van der Waals surface area contributed by atoms with E-state index in [1.54, 1.807) is 30.3 Å². The monoisotopic (exact) mass is 231 g/mol. The molecule has 0 saturated heterocycles. The van der Waals surface area contributed by atoms with Crippen LogP contribution in [-0.4, -0.2) is 18.3 Å². The van der Waals surface area contributed by atoms with Crippen LogP contribution in [0.15, 0.2) is 35.2 Å². The fourth-order valence-corrected chi connectivity index (χ4v) is 2.91. The van der Waals surface area contributed by atoms with Gasteiger partial charge in [-0.05, 0) is 36.8 Å². The van der Waals surface area contributed by atoms with Crippen molar-refractivity contribution in [3.63, 3.8) is 0 Å². The normalized spacial score (nSPS) is 17.3. The van der Waals surface area contributed by atoms with E-state index in [4.69, 9.17) is 11.8 Å². The van der Waals surface area contributed by atoms with Gasteiger partial charge in [0.15, 0.2) is 0 Å². The van der Waals surface area contributed by atoms with Gasteiger partial charge in [-0.25, -0.2) is 8.42 Å². The molecule has 0 atom stereocenters. The minimum Gasteiger partial charge on any atom is -0.206 e. The van der Waals surface area contributed by atoms with Crippen LogP contribution >= 0.6 is 11.8 Å². The zero-order valence-electron chi connectivity index (χ0n) is 7.43. The van der Waals surface area contributed by atoms with Crippen molar-refractivity contribution in [3.8, 4) is 0 Å². The summed E-state index contributed by atoms with van der Waals surface area (Å²) in [5.74, 6) is 0. The minimum absolute atomic E-state index is 0.0122. The summed E-state index contributed by atoms with van der Waals surface area (Å²) < 4.78 is 24.6. The van der Waals surface area contributed by atoms with E-state index in [0.29, 0.717) is 0 Å². The molecule has 0 N–H and O–H groups in total. The molecule has 1 aliphatic rings. The average molecular weight is 232 g/mol. The number of benzene rings is 1. The van der Waals surface area contributed by atoms with Crippen molar-refractivity contribution in [2.45, 2.75) is 23.8 Å². The molecule has 1 fully saturated rings. The summed E-state index contributed by atoms with van der Waals surface area (Å²) in [5, 5.41) is 0. The van der Waals surface area contributed by atoms with Gasteiger partial charge in [0.1, 0.15) is 0 Å². The molecule has 0 unspecified atom stereocenters. The van der Waals surface area contributed by atoms with Crippen LogP contribution < -0.4 is 0 Å². The molecule has 14 heavy (non-hydrogen) atoms. The highest BCUT2D eigenvalue weighted by molar-refractivity contribution is 7.90. The molecule has 0 bridgehead atoms. The van der Waals surface area contributed by atoms with Crippen molar-refractivity contribution in [1.29, 1.82) is 0 Å². The molecule has 1 saturated carbocycles. The van der Waals surface area contributed by atoms with Crippen LogP contribution in [-0.2, 0) is 10.0 Å². The van der Waals surface area contributed by atoms with Crippen LogP contribution in [0.2, 0.25) is 0 Å². The fourth-order valence-electron chi connectivity index (χ4n) is 1.17. The Morgan fingerprint density at radius 1 is 1.21 bits per heavy atom. The van der Waals surface area contributed by atoms with Crippen molar-refractivity contribution >= 4 is 21.8 Å². The molecule has 1 aromatic carbocycles. The number of rotatable bonds is 3. The van der Waals surface area contributed by atoms with Crippen LogP contribution in [0.3, 0.4) is 0 Å². The lowest BCUT2D eigenvalue weighted by Gasteiger charge is -2.12. The highest BCUT2D eigenvalue weighted by atomic mass is 35.5. The molecular weight excluding hydrogens is 222 g/mol. The molecule has 0 heterocycles.